The molecule has 2 N–H and O–H groups in total. The lowest BCUT2D eigenvalue weighted by Gasteiger charge is -2.20. The Labute approximate surface area is 132 Å². The number of phenols is 1. The molecule has 1 atom stereocenters. The maximum Gasteiger partial charge on any atom is 0.120 e. The van der Waals surface area contributed by atoms with Gasteiger partial charge in [-0.1, -0.05) is 28.9 Å². The van der Waals surface area contributed by atoms with Crippen molar-refractivity contribution in [3.05, 3.63) is 52.5 Å². The second kappa shape index (κ2) is 7.04. The van der Waals surface area contributed by atoms with Crippen molar-refractivity contribution in [2.24, 2.45) is 0 Å². The third kappa shape index (κ3) is 3.70. The lowest BCUT2D eigenvalue weighted by Crippen LogP contribution is -2.10. The number of benzene rings is 2. The maximum atomic E-state index is 10.1. The minimum Gasteiger partial charge on any atom is -0.508 e. The average molecular weight is 352 g/mol. The van der Waals surface area contributed by atoms with Gasteiger partial charge in [0.25, 0.3) is 0 Å². The standard InChI is InChI=1S/C16H18BrNOS/c1-3-15(14-9-11(17)7-8-16(14)19)18-12-5-4-6-13(10-12)20-2/h4-10,15,18-19H,3H2,1-2H3. The van der Waals surface area contributed by atoms with Gasteiger partial charge in [0.15, 0.2) is 0 Å². The molecule has 0 saturated carbocycles. The second-order valence-corrected chi connectivity index (χ2v) is 6.34. The smallest absolute Gasteiger partial charge is 0.120 e. The quantitative estimate of drug-likeness (QED) is 0.703. The van der Waals surface area contributed by atoms with Crippen LogP contribution < -0.4 is 5.32 Å². The normalized spacial score (nSPS) is 12.2. The van der Waals surface area contributed by atoms with Crippen LogP contribution in [0.15, 0.2) is 51.8 Å². The van der Waals surface area contributed by atoms with Crippen molar-refractivity contribution in [3.63, 3.8) is 0 Å². The summed E-state index contributed by atoms with van der Waals surface area (Å²) in [5.74, 6) is 0.327. The third-order valence-corrected chi connectivity index (χ3v) is 4.40. The lowest BCUT2D eigenvalue weighted by molar-refractivity contribution is 0.462. The van der Waals surface area contributed by atoms with Crippen molar-refractivity contribution in [2.75, 3.05) is 11.6 Å². The lowest BCUT2D eigenvalue weighted by atomic mass is 10.0. The highest BCUT2D eigenvalue weighted by molar-refractivity contribution is 9.10. The van der Waals surface area contributed by atoms with Crippen LogP contribution in [0.2, 0.25) is 0 Å². The molecule has 0 aliphatic heterocycles. The van der Waals surface area contributed by atoms with Crippen LogP contribution in [0.5, 0.6) is 5.75 Å². The van der Waals surface area contributed by atoms with Gasteiger partial charge in [-0.2, -0.15) is 0 Å². The minimum atomic E-state index is 0.0876. The SMILES string of the molecule is CCC(Nc1cccc(SC)c1)c1cc(Br)ccc1O. The van der Waals surface area contributed by atoms with Crippen LogP contribution in [-0.2, 0) is 0 Å². The highest BCUT2D eigenvalue weighted by atomic mass is 79.9. The molecule has 0 bridgehead atoms. The van der Waals surface area contributed by atoms with E-state index in [1.54, 1.807) is 17.8 Å². The zero-order valence-corrected chi connectivity index (χ0v) is 14.0. The number of halogens is 1. The summed E-state index contributed by atoms with van der Waals surface area (Å²) in [6.07, 6.45) is 2.96. The number of nitrogens with one attached hydrogen (secondary N) is 1. The van der Waals surface area contributed by atoms with Gasteiger partial charge in [-0.25, -0.2) is 0 Å². The zero-order valence-electron chi connectivity index (χ0n) is 11.6. The van der Waals surface area contributed by atoms with E-state index in [4.69, 9.17) is 0 Å². The van der Waals surface area contributed by atoms with Gasteiger partial charge in [0, 0.05) is 20.6 Å². The van der Waals surface area contributed by atoms with Gasteiger partial charge in [0.05, 0.1) is 6.04 Å². The minimum absolute atomic E-state index is 0.0876. The van der Waals surface area contributed by atoms with E-state index in [0.29, 0.717) is 5.75 Å². The number of phenolic OH excluding ortho intramolecular Hbond substituents is 1. The monoisotopic (exact) mass is 351 g/mol. The van der Waals surface area contributed by atoms with E-state index < -0.39 is 0 Å². The van der Waals surface area contributed by atoms with Crippen molar-refractivity contribution in [3.8, 4) is 5.75 Å². The predicted octanol–water partition coefficient (Wildman–Crippen LogP) is 5.44. The molecule has 0 spiro atoms. The fourth-order valence-corrected chi connectivity index (χ4v) is 2.96. The Hall–Kier alpha value is -1.13. The molecule has 0 radical (unpaired) electrons. The van der Waals surface area contributed by atoms with Gasteiger partial charge in [-0.05, 0) is 49.1 Å². The molecule has 106 valence electrons. The summed E-state index contributed by atoms with van der Waals surface area (Å²) in [4.78, 5) is 1.23. The first kappa shape index (κ1) is 15.3. The summed E-state index contributed by atoms with van der Waals surface area (Å²) in [5.41, 5.74) is 1.99. The van der Waals surface area contributed by atoms with E-state index in [0.717, 1.165) is 22.1 Å². The summed E-state index contributed by atoms with van der Waals surface area (Å²) >= 11 is 5.18. The molecule has 0 saturated heterocycles. The largest absolute Gasteiger partial charge is 0.508 e. The first-order chi connectivity index (χ1) is 9.63. The van der Waals surface area contributed by atoms with Gasteiger partial charge >= 0.3 is 0 Å². The number of hydrogen-bond acceptors (Lipinski definition) is 3. The van der Waals surface area contributed by atoms with Crippen molar-refractivity contribution in [2.45, 2.75) is 24.3 Å². The van der Waals surface area contributed by atoms with Gasteiger partial charge in [0.2, 0.25) is 0 Å². The average Bonchev–Trinajstić information content (AvgIpc) is 2.47. The molecule has 2 aromatic rings. The number of thioether (sulfide) groups is 1. The molecule has 2 aromatic carbocycles. The second-order valence-electron chi connectivity index (χ2n) is 4.54. The highest BCUT2D eigenvalue weighted by Crippen LogP contribution is 2.32. The first-order valence-electron chi connectivity index (χ1n) is 6.53. The maximum absolute atomic E-state index is 10.1. The molecular weight excluding hydrogens is 334 g/mol. The highest BCUT2D eigenvalue weighted by Gasteiger charge is 2.14. The Bertz CT molecular complexity index is 588. The van der Waals surface area contributed by atoms with E-state index in [1.165, 1.54) is 4.90 Å². The fourth-order valence-electron chi connectivity index (χ4n) is 2.12. The Morgan fingerprint density at radius 2 is 2.05 bits per heavy atom. The molecule has 2 rings (SSSR count). The molecule has 0 aromatic heterocycles. The van der Waals surface area contributed by atoms with E-state index in [1.807, 2.05) is 18.2 Å². The van der Waals surface area contributed by atoms with Gasteiger partial charge in [-0.15, -0.1) is 11.8 Å². The molecule has 1 unspecified atom stereocenters. The summed E-state index contributed by atoms with van der Waals surface area (Å²) in [7, 11) is 0. The molecule has 20 heavy (non-hydrogen) atoms. The number of anilines is 1. The molecule has 0 aliphatic carbocycles. The molecule has 0 amide bonds. The zero-order chi connectivity index (χ0) is 14.5. The molecule has 0 heterocycles. The number of rotatable bonds is 5. The van der Waals surface area contributed by atoms with Crippen LogP contribution in [-0.4, -0.2) is 11.4 Å². The van der Waals surface area contributed by atoms with Crippen molar-refractivity contribution in [1.82, 2.24) is 0 Å². The summed E-state index contributed by atoms with van der Waals surface area (Å²) in [6, 6.07) is 13.9. The summed E-state index contributed by atoms with van der Waals surface area (Å²) < 4.78 is 0.975. The van der Waals surface area contributed by atoms with Crippen molar-refractivity contribution < 1.29 is 5.11 Å². The van der Waals surface area contributed by atoms with E-state index >= 15 is 0 Å². The molecular formula is C16H18BrNOS. The van der Waals surface area contributed by atoms with E-state index in [9.17, 15) is 5.11 Å². The number of hydrogen-bond donors (Lipinski definition) is 2. The van der Waals surface area contributed by atoms with Gasteiger partial charge < -0.3 is 10.4 Å². The Morgan fingerprint density at radius 1 is 1.25 bits per heavy atom. The van der Waals surface area contributed by atoms with Gasteiger partial charge in [-0.3, -0.25) is 0 Å². The third-order valence-electron chi connectivity index (χ3n) is 3.18. The molecule has 4 heteroatoms. The molecule has 2 nitrogen and oxygen atoms in total. The number of aromatic hydroxyl groups is 1. The Morgan fingerprint density at radius 3 is 2.75 bits per heavy atom. The van der Waals surface area contributed by atoms with Crippen LogP contribution >= 0.6 is 27.7 Å². The van der Waals surface area contributed by atoms with Crippen LogP contribution in [0.1, 0.15) is 24.9 Å². The first-order valence-corrected chi connectivity index (χ1v) is 8.54. The summed E-state index contributed by atoms with van der Waals surface area (Å²) in [6.45, 7) is 2.11. The van der Waals surface area contributed by atoms with Crippen LogP contribution in [0.3, 0.4) is 0 Å². The predicted molar refractivity (Wildman–Crippen MR) is 90.7 cm³/mol. The molecule has 0 fully saturated rings. The van der Waals surface area contributed by atoms with E-state index in [-0.39, 0.29) is 6.04 Å². The van der Waals surface area contributed by atoms with Crippen LogP contribution in [0.4, 0.5) is 5.69 Å². The van der Waals surface area contributed by atoms with Crippen molar-refractivity contribution >= 4 is 33.4 Å². The van der Waals surface area contributed by atoms with E-state index in [2.05, 4.69) is 52.6 Å². The van der Waals surface area contributed by atoms with Crippen LogP contribution in [0, 0.1) is 0 Å². The Kier molecular flexibility index (Phi) is 5.38. The van der Waals surface area contributed by atoms with Crippen LogP contribution in [0.25, 0.3) is 0 Å². The molecule has 0 aliphatic rings. The summed E-state index contributed by atoms with van der Waals surface area (Å²) in [5, 5.41) is 13.5. The van der Waals surface area contributed by atoms with Gasteiger partial charge in [0.1, 0.15) is 5.75 Å². The topological polar surface area (TPSA) is 32.3 Å². The van der Waals surface area contributed by atoms with Crippen molar-refractivity contribution in [1.29, 1.82) is 0 Å². The Balaban J connectivity index is 2.26. The fraction of sp³-hybridized carbons (Fsp3) is 0.250.